The van der Waals surface area contributed by atoms with E-state index in [1.165, 1.54) is 62.6 Å². The number of benzene rings is 6. The van der Waals surface area contributed by atoms with Gasteiger partial charge in [0.05, 0.1) is 0 Å². The lowest BCUT2D eigenvalue weighted by molar-refractivity contribution is 0.669. The van der Waals surface area contributed by atoms with Crippen LogP contribution in [-0.2, 0) is 0 Å². The predicted molar refractivity (Wildman–Crippen MR) is 170 cm³/mol. The SMILES string of the molecule is c1ccc2c(c1)oc1ccc(-c3ccc4sc5ccc(-c6ccc7sc8ccccc8c7c6)cc5c4c3)cc12. The first kappa shape index (κ1) is 21.5. The van der Waals surface area contributed by atoms with Crippen LogP contribution in [0.3, 0.4) is 0 Å². The first-order valence-corrected chi connectivity index (χ1v) is 14.7. The van der Waals surface area contributed by atoms with Crippen molar-refractivity contribution in [1.82, 2.24) is 0 Å². The molecule has 0 spiro atoms. The van der Waals surface area contributed by atoms with Gasteiger partial charge in [-0.15, -0.1) is 22.7 Å². The summed E-state index contributed by atoms with van der Waals surface area (Å²) in [6.45, 7) is 0. The molecule has 0 aliphatic rings. The second kappa shape index (κ2) is 8.03. The highest BCUT2D eigenvalue weighted by Gasteiger charge is 2.12. The Labute approximate surface area is 232 Å². The summed E-state index contributed by atoms with van der Waals surface area (Å²) in [5, 5.41) is 7.64. The maximum Gasteiger partial charge on any atom is 0.135 e. The van der Waals surface area contributed by atoms with Gasteiger partial charge >= 0.3 is 0 Å². The third-order valence-corrected chi connectivity index (χ3v) is 10.2. The van der Waals surface area contributed by atoms with Gasteiger partial charge in [-0.05, 0) is 82.9 Å². The van der Waals surface area contributed by atoms with Crippen LogP contribution in [0, 0.1) is 0 Å². The van der Waals surface area contributed by atoms with Crippen molar-refractivity contribution in [2.75, 3.05) is 0 Å². The molecule has 3 heteroatoms. The summed E-state index contributed by atoms with van der Waals surface area (Å²) in [5.74, 6) is 0. The molecule has 0 saturated carbocycles. The van der Waals surface area contributed by atoms with E-state index in [0.29, 0.717) is 0 Å². The van der Waals surface area contributed by atoms with Crippen LogP contribution in [-0.4, -0.2) is 0 Å². The summed E-state index contributed by atoms with van der Waals surface area (Å²) in [5.41, 5.74) is 6.83. The Hall–Kier alpha value is -4.44. The van der Waals surface area contributed by atoms with Crippen molar-refractivity contribution in [2.24, 2.45) is 0 Å². The molecule has 0 unspecified atom stereocenters. The van der Waals surface area contributed by atoms with Crippen LogP contribution in [0.5, 0.6) is 0 Å². The van der Waals surface area contributed by atoms with Gasteiger partial charge in [0.25, 0.3) is 0 Å². The molecule has 1 nitrogen and oxygen atoms in total. The highest BCUT2D eigenvalue weighted by atomic mass is 32.1. The van der Waals surface area contributed by atoms with Crippen LogP contribution in [0.2, 0.25) is 0 Å². The molecule has 0 bridgehead atoms. The number of para-hydroxylation sites is 1. The summed E-state index contributed by atoms with van der Waals surface area (Å²) < 4.78 is 11.4. The van der Waals surface area contributed by atoms with Crippen LogP contribution in [0.15, 0.2) is 126 Å². The van der Waals surface area contributed by atoms with Gasteiger partial charge in [0.1, 0.15) is 11.2 Å². The molecule has 0 amide bonds. The van der Waals surface area contributed by atoms with Crippen LogP contribution < -0.4 is 0 Å². The molecule has 0 N–H and O–H groups in total. The summed E-state index contributed by atoms with van der Waals surface area (Å²) >= 11 is 3.74. The number of rotatable bonds is 2. The van der Waals surface area contributed by atoms with Gasteiger partial charge in [0.15, 0.2) is 0 Å². The largest absolute Gasteiger partial charge is 0.456 e. The Morgan fingerprint density at radius 3 is 1.41 bits per heavy atom. The van der Waals surface area contributed by atoms with Gasteiger partial charge in [-0.1, -0.05) is 60.7 Å². The van der Waals surface area contributed by atoms with E-state index in [4.69, 9.17) is 4.42 Å². The number of hydrogen-bond acceptors (Lipinski definition) is 3. The number of hydrogen-bond donors (Lipinski definition) is 0. The smallest absolute Gasteiger partial charge is 0.135 e. The van der Waals surface area contributed by atoms with Crippen LogP contribution in [0.25, 0.3) is 84.5 Å². The average molecular weight is 533 g/mol. The Morgan fingerprint density at radius 2 is 0.769 bits per heavy atom. The second-order valence-electron chi connectivity index (χ2n) is 10.1. The van der Waals surface area contributed by atoms with Crippen molar-refractivity contribution in [1.29, 1.82) is 0 Å². The summed E-state index contributed by atoms with van der Waals surface area (Å²) in [6, 6.07) is 44.2. The zero-order chi connectivity index (χ0) is 25.5. The minimum absolute atomic E-state index is 0.932. The Balaban J connectivity index is 1.20. The molecule has 3 heterocycles. The van der Waals surface area contributed by atoms with E-state index >= 15 is 0 Å². The van der Waals surface area contributed by atoms with Gasteiger partial charge in [-0.25, -0.2) is 0 Å². The van der Waals surface area contributed by atoms with E-state index in [2.05, 4.69) is 109 Å². The Bertz CT molecular complexity index is 2230. The molecule has 3 aromatic heterocycles. The minimum atomic E-state index is 0.932. The van der Waals surface area contributed by atoms with Crippen molar-refractivity contribution in [3.05, 3.63) is 121 Å². The van der Waals surface area contributed by atoms with Gasteiger partial charge in [-0.2, -0.15) is 0 Å². The summed E-state index contributed by atoms with van der Waals surface area (Å²) in [6.07, 6.45) is 0. The van der Waals surface area contributed by atoms with Gasteiger partial charge < -0.3 is 4.42 Å². The molecule has 6 aromatic carbocycles. The van der Waals surface area contributed by atoms with Crippen molar-refractivity contribution in [2.45, 2.75) is 0 Å². The molecule has 9 rings (SSSR count). The van der Waals surface area contributed by atoms with E-state index in [1.54, 1.807) is 0 Å². The summed E-state index contributed by atoms with van der Waals surface area (Å²) in [7, 11) is 0. The molecule has 182 valence electrons. The van der Waals surface area contributed by atoms with Gasteiger partial charge in [-0.3, -0.25) is 0 Å². The minimum Gasteiger partial charge on any atom is -0.456 e. The van der Waals surface area contributed by atoms with E-state index < -0.39 is 0 Å². The molecular formula is C36H20OS2. The van der Waals surface area contributed by atoms with Crippen molar-refractivity contribution >= 4 is 85.0 Å². The molecule has 9 aromatic rings. The normalized spacial score (nSPS) is 12.1. The van der Waals surface area contributed by atoms with E-state index in [-0.39, 0.29) is 0 Å². The lowest BCUT2D eigenvalue weighted by Crippen LogP contribution is -1.79. The maximum absolute atomic E-state index is 6.06. The zero-order valence-electron chi connectivity index (χ0n) is 20.8. The summed E-state index contributed by atoms with van der Waals surface area (Å²) in [4.78, 5) is 0. The predicted octanol–water partition coefficient (Wildman–Crippen LogP) is 11.7. The third-order valence-electron chi connectivity index (χ3n) is 7.89. The molecule has 39 heavy (non-hydrogen) atoms. The second-order valence-corrected chi connectivity index (χ2v) is 12.3. The highest BCUT2D eigenvalue weighted by molar-refractivity contribution is 7.26. The van der Waals surface area contributed by atoms with Crippen LogP contribution in [0.1, 0.15) is 0 Å². The van der Waals surface area contributed by atoms with Gasteiger partial charge in [0, 0.05) is 51.1 Å². The third kappa shape index (κ3) is 3.24. The topological polar surface area (TPSA) is 13.1 Å². The van der Waals surface area contributed by atoms with E-state index in [9.17, 15) is 0 Å². The molecular weight excluding hydrogens is 513 g/mol. The molecule has 0 aliphatic heterocycles. The molecule has 0 radical (unpaired) electrons. The average Bonchev–Trinajstić information content (AvgIpc) is 3.66. The number of furan rings is 1. The zero-order valence-corrected chi connectivity index (χ0v) is 22.4. The quantitative estimate of drug-likeness (QED) is 0.216. The standard InChI is InChI=1S/C36H20OS2/c1-3-7-31-25(5-1)27-17-21(9-13-32(27)37-31)23-11-15-35-29(19-23)30-20-24(12-16-36(30)39-35)22-10-14-34-28(18-22)26-6-2-4-8-33(26)38-34/h1-20H. The van der Waals surface area contributed by atoms with Crippen molar-refractivity contribution < 1.29 is 4.42 Å². The number of thiophene rings is 2. The molecule has 0 saturated heterocycles. The van der Waals surface area contributed by atoms with Crippen LogP contribution >= 0.6 is 22.7 Å². The molecule has 0 atom stereocenters. The van der Waals surface area contributed by atoms with E-state index in [0.717, 1.165) is 21.9 Å². The number of fused-ring (bicyclic) bond motifs is 9. The van der Waals surface area contributed by atoms with Crippen molar-refractivity contribution in [3.63, 3.8) is 0 Å². The van der Waals surface area contributed by atoms with E-state index in [1.807, 2.05) is 34.8 Å². The molecule has 0 aliphatic carbocycles. The Kier molecular flexibility index (Phi) is 4.43. The van der Waals surface area contributed by atoms with Crippen LogP contribution in [0.4, 0.5) is 0 Å². The van der Waals surface area contributed by atoms with Crippen molar-refractivity contribution in [3.8, 4) is 22.3 Å². The fourth-order valence-corrected chi connectivity index (χ4v) is 8.10. The first-order valence-electron chi connectivity index (χ1n) is 13.1. The fourth-order valence-electron chi connectivity index (χ4n) is 5.95. The highest BCUT2D eigenvalue weighted by Crippen LogP contribution is 2.41. The van der Waals surface area contributed by atoms with Gasteiger partial charge in [0.2, 0.25) is 0 Å². The lowest BCUT2D eigenvalue weighted by Gasteiger charge is -2.05. The lowest BCUT2D eigenvalue weighted by atomic mass is 9.98. The first-order chi connectivity index (χ1) is 19.3. The Morgan fingerprint density at radius 1 is 0.333 bits per heavy atom. The fraction of sp³-hybridized carbons (Fsp3) is 0. The monoisotopic (exact) mass is 532 g/mol. The maximum atomic E-state index is 6.06. The molecule has 0 fully saturated rings.